The quantitative estimate of drug-likeness (QED) is 0.825. The number of carbonyl (C=O) groups excluding carboxylic acids is 1. The van der Waals surface area contributed by atoms with E-state index in [4.69, 9.17) is 0 Å². The first kappa shape index (κ1) is 12.9. The Balaban J connectivity index is 2.45. The number of hydrogen-bond acceptors (Lipinski definition) is 2. The van der Waals surface area contributed by atoms with Gasteiger partial charge in [0.15, 0.2) is 5.78 Å². The van der Waals surface area contributed by atoms with Crippen molar-refractivity contribution in [2.24, 2.45) is 0 Å². The van der Waals surface area contributed by atoms with Gasteiger partial charge in [0, 0.05) is 0 Å². The van der Waals surface area contributed by atoms with E-state index in [9.17, 15) is 4.79 Å². The number of rotatable bonds is 4. The summed E-state index contributed by atoms with van der Waals surface area (Å²) in [6.45, 7) is 1.82. The molecule has 0 aliphatic rings. The van der Waals surface area contributed by atoms with E-state index >= 15 is 0 Å². The standard InChI is InChI=1S/C16H16OS/c1-12(18)16(17)15(13-8-4-2-5-9-13)14-10-6-3-7-11-14/h2-12,15,18H,1H3. The summed E-state index contributed by atoms with van der Waals surface area (Å²) in [5.41, 5.74) is 2.05. The van der Waals surface area contributed by atoms with Crippen molar-refractivity contribution in [3.05, 3.63) is 71.8 Å². The third kappa shape index (κ3) is 2.82. The van der Waals surface area contributed by atoms with Gasteiger partial charge < -0.3 is 0 Å². The minimum absolute atomic E-state index is 0.135. The Bertz CT molecular complexity index is 466. The molecule has 18 heavy (non-hydrogen) atoms. The molecule has 0 radical (unpaired) electrons. The summed E-state index contributed by atoms with van der Waals surface area (Å²) >= 11 is 4.28. The van der Waals surface area contributed by atoms with Crippen LogP contribution in [-0.4, -0.2) is 11.0 Å². The van der Waals surface area contributed by atoms with Gasteiger partial charge in [-0.1, -0.05) is 60.7 Å². The molecule has 0 fully saturated rings. The third-order valence-electron chi connectivity index (χ3n) is 2.96. The van der Waals surface area contributed by atoms with E-state index in [1.54, 1.807) is 0 Å². The Morgan fingerprint density at radius 1 is 0.889 bits per heavy atom. The molecular formula is C16H16OS. The Kier molecular flexibility index (Phi) is 4.21. The van der Waals surface area contributed by atoms with Crippen LogP contribution in [0.3, 0.4) is 0 Å². The number of thiol groups is 1. The van der Waals surface area contributed by atoms with Crippen LogP contribution >= 0.6 is 12.6 Å². The molecule has 2 aromatic rings. The predicted molar refractivity (Wildman–Crippen MR) is 78.2 cm³/mol. The van der Waals surface area contributed by atoms with E-state index in [2.05, 4.69) is 12.6 Å². The van der Waals surface area contributed by atoms with Gasteiger partial charge in [-0.25, -0.2) is 0 Å². The van der Waals surface area contributed by atoms with Crippen LogP contribution in [-0.2, 0) is 4.79 Å². The summed E-state index contributed by atoms with van der Waals surface area (Å²) in [5.74, 6) is -0.0874. The van der Waals surface area contributed by atoms with Crippen LogP contribution < -0.4 is 0 Å². The number of hydrogen-bond donors (Lipinski definition) is 1. The monoisotopic (exact) mass is 256 g/mol. The van der Waals surface area contributed by atoms with Gasteiger partial charge in [-0.3, -0.25) is 4.79 Å². The summed E-state index contributed by atoms with van der Waals surface area (Å²) in [4.78, 5) is 12.4. The second kappa shape index (κ2) is 5.87. The van der Waals surface area contributed by atoms with E-state index in [1.165, 1.54) is 0 Å². The second-order valence-electron chi connectivity index (χ2n) is 4.33. The lowest BCUT2D eigenvalue weighted by molar-refractivity contribution is -0.118. The van der Waals surface area contributed by atoms with Crippen molar-refractivity contribution in [1.82, 2.24) is 0 Å². The van der Waals surface area contributed by atoms with Crippen molar-refractivity contribution < 1.29 is 4.79 Å². The molecule has 1 atom stereocenters. The van der Waals surface area contributed by atoms with Gasteiger partial charge in [-0.2, -0.15) is 12.6 Å². The zero-order valence-corrected chi connectivity index (χ0v) is 11.2. The molecule has 0 amide bonds. The first-order valence-electron chi connectivity index (χ1n) is 6.02. The van der Waals surface area contributed by atoms with Gasteiger partial charge in [0.05, 0.1) is 11.2 Å². The van der Waals surface area contributed by atoms with Gasteiger partial charge >= 0.3 is 0 Å². The van der Waals surface area contributed by atoms with Gasteiger partial charge in [0.1, 0.15) is 0 Å². The molecular weight excluding hydrogens is 240 g/mol. The minimum Gasteiger partial charge on any atom is -0.297 e. The average molecular weight is 256 g/mol. The lowest BCUT2D eigenvalue weighted by Crippen LogP contribution is -2.21. The molecule has 2 heteroatoms. The van der Waals surface area contributed by atoms with Gasteiger partial charge in [0.25, 0.3) is 0 Å². The van der Waals surface area contributed by atoms with Crippen LogP contribution in [0.15, 0.2) is 60.7 Å². The molecule has 0 heterocycles. The first-order chi connectivity index (χ1) is 8.70. The van der Waals surface area contributed by atoms with Gasteiger partial charge in [-0.15, -0.1) is 0 Å². The maximum Gasteiger partial charge on any atom is 0.157 e. The van der Waals surface area contributed by atoms with Crippen LogP contribution in [0.2, 0.25) is 0 Å². The SMILES string of the molecule is CC(S)C(=O)C(c1ccccc1)c1ccccc1. The highest BCUT2D eigenvalue weighted by Gasteiger charge is 2.24. The molecule has 1 unspecified atom stereocenters. The van der Waals surface area contributed by atoms with Crippen LogP contribution in [0.4, 0.5) is 0 Å². The molecule has 0 N–H and O–H groups in total. The molecule has 0 aliphatic heterocycles. The summed E-state index contributed by atoms with van der Waals surface area (Å²) in [7, 11) is 0. The molecule has 0 aromatic heterocycles. The van der Waals surface area contributed by atoms with E-state index in [-0.39, 0.29) is 17.0 Å². The predicted octanol–water partition coefficient (Wildman–Crippen LogP) is 3.71. The van der Waals surface area contributed by atoms with Crippen molar-refractivity contribution >= 4 is 18.4 Å². The third-order valence-corrected chi connectivity index (χ3v) is 3.22. The van der Waals surface area contributed by atoms with Crippen molar-refractivity contribution in [1.29, 1.82) is 0 Å². The highest BCUT2D eigenvalue weighted by Crippen LogP contribution is 2.27. The Labute approximate surface area is 113 Å². The lowest BCUT2D eigenvalue weighted by Gasteiger charge is -2.18. The van der Waals surface area contributed by atoms with Crippen LogP contribution in [0.25, 0.3) is 0 Å². The maximum absolute atomic E-state index is 12.4. The molecule has 0 aliphatic carbocycles. The van der Waals surface area contributed by atoms with Crippen molar-refractivity contribution in [3.63, 3.8) is 0 Å². The van der Waals surface area contributed by atoms with Crippen LogP contribution in [0.5, 0.6) is 0 Å². The Morgan fingerprint density at radius 3 is 1.61 bits per heavy atom. The summed E-state index contributed by atoms with van der Waals surface area (Å²) < 4.78 is 0. The topological polar surface area (TPSA) is 17.1 Å². The number of Topliss-reactive ketones (excluding diaryl/α,β-unsaturated/α-hetero) is 1. The maximum atomic E-state index is 12.4. The summed E-state index contributed by atoms with van der Waals surface area (Å²) in [5, 5.41) is -0.268. The highest BCUT2D eigenvalue weighted by molar-refractivity contribution is 7.81. The number of carbonyl (C=O) groups is 1. The van der Waals surface area contributed by atoms with E-state index < -0.39 is 0 Å². The molecule has 2 aromatic carbocycles. The lowest BCUT2D eigenvalue weighted by atomic mass is 9.86. The summed E-state index contributed by atoms with van der Waals surface area (Å²) in [6.07, 6.45) is 0. The minimum atomic E-state index is -0.268. The highest BCUT2D eigenvalue weighted by atomic mass is 32.1. The van der Waals surface area contributed by atoms with Gasteiger partial charge in [0.2, 0.25) is 0 Å². The first-order valence-corrected chi connectivity index (χ1v) is 6.53. The molecule has 0 saturated heterocycles. The zero-order chi connectivity index (χ0) is 13.0. The van der Waals surface area contributed by atoms with Crippen molar-refractivity contribution in [2.45, 2.75) is 18.1 Å². The molecule has 0 bridgehead atoms. The fourth-order valence-corrected chi connectivity index (χ4v) is 2.20. The van der Waals surface area contributed by atoms with E-state index in [1.807, 2.05) is 67.6 Å². The average Bonchev–Trinajstić information content (AvgIpc) is 2.41. The smallest absolute Gasteiger partial charge is 0.157 e. The fourth-order valence-electron chi connectivity index (χ4n) is 2.05. The zero-order valence-electron chi connectivity index (χ0n) is 10.3. The van der Waals surface area contributed by atoms with Crippen molar-refractivity contribution in [3.8, 4) is 0 Å². The molecule has 0 saturated carbocycles. The molecule has 1 nitrogen and oxygen atoms in total. The second-order valence-corrected chi connectivity index (χ2v) is 5.11. The van der Waals surface area contributed by atoms with E-state index in [0.717, 1.165) is 11.1 Å². The Morgan fingerprint density at radius 2 is 1.28 bits per heavy atom. The van der Waals surface area contributed by atoms with E-state index in [0.29, 0.717) is 0 Å². The van der Waals surface area contributed by atoms with Gasteiger partial charge in [-0.05, 0) is 18.1 Å². The molecule has 92 valence electrons. The van der Waals surface area contributed by atoms with Crippen LogP contribution in [0, 0.1) is 0 Å². The largest absolute Gasteiger partial charge is 0.297 e. The number of benzene rings is 2. The number of ketones is 1. The molecule has 0 spiro atoms. The van der Waals surface area contributed by atoms with Crippen molar-refractivity contribution in [2.75, 3.05) is 0 Å². The molecule has 2 rings (SSSR count). The fraction of sp³-hybridized carbons (Fsp3) is 0.188. The summed E-state index contributed by atoms with van der Waals surface area (Å²) in [6, 6.07) is 19.7. The Hall–Kier alpha value is -1.54. The van der Waals surface area contributed by atoms with Crippen LogP contribution in [0.1, 0.15) is 24.0 Å². The normalized spacial score (nSPS) is 12.4.